The van der Waals surface area contributed by atoms with Gasteiger partial charge in [-0.05, 0) is 43.4 Å². The van der Waals surface area contributed by atoms with Crippen LogP contribution in [0.15, 0.2) is 34.6 Å². The largest absolute Gasteiger partial charge is 0.505 e. The van der Waals surface area contributed by atoms with Crippen molar-refractivity contribution in [1.82, 2.24) is 9.78 Å². The molecule has 1 aromatic carbocycles. The van der Waals surface area contributed by atoms with E-state index in [2.05, 4.69) is 11.2 Å². The molecule has 2 aromatic rings. The SMILES string of the molecule is CC1=C(c2c(O)c(C)nn(C)c2=O)c2ccccc2CC1. The molecule has 1 aromatic heterocycles. The van der Waals surface area contributed by atoms with Gasteiger partial charge >= 0.3 is 0 Å². The van der Waals surface area contributed by atoms with Crippen LogP contribution in [0.25, 0.3) is 5.57 Å². The number of aromatic nitrogens is 2. The van der Waals surface area contributed by atoms with E-state index in [0.717, 1.165) is 29.6 Å². The van der Waals surface area contributed by atoms with Gasteiger partial charge in [0, 0.05) is 7.05 Å². The van der Waals surface area contributed by atoms with Crippen LogP contribution in [-0.2, 0) is 13.5 Å². The van der Waals surface area contributed by atoms with Gasteiger partial charge in [0.25, 0.3) is 5.56 Å². The highest BCUT2D eigenvalue weighted by atomic mass is 16.3. The minimum atomic E-state index is -0.260. The van der Waals surface area contributed by atoms with E-state index in [9.17, 15) is 9.90 Å². The molecule has 1 heterocycles. The summed E-state index contributed by atoms with van der Waals surface area (Å²) >= 11 is 0. The van der Waals surface area contributed by atoms with Gasteiger partial charge in [-0.3, -0.25) is 4.79 Å². The van der Waals surface area contributed by atoms with Crippen molar-refractivity contribution < 1.29 is 5.11 Å². The Morgan fingerprint density at radius 3 is 2.67 bits per heavy atom. The van der Waals surface area contributed by atoms with Crippen LogP contribution in [0, 0.1) is 6.92 Å². The average molecular weight is 282 g/mol. The Hall–Kier alpha value is -2.36. The smallest absolute Gasteiger partial charge is 0.278 e. The quantitative estimate of drug-likeness (QED) is 0.874. The normalized spacial score (nSPS) is 14.2. The number of nitrogens with zero attached hydrogens (tertiary/aromatic N) is 2. The molecule has 0 radical (unpaired) electrons. The van der Waals surface area contributed by atoms with Gasteiger partial charge in [0.1, 0.15) is 5.69 Å². The van der Waals surface area contributed by atoms with E-state index in [0.29, 0.717) is 11.3 Å². The maximum atomic E-state index is 12.5. The lowest BCUT2D eigenvalue weighted by Gasteiger charge is -2.22. The first-order valence-electron chi connectivity index (χ1n) is 7.06. The van der Waals surface area contributed by atoms with Gasteiger partial charge in [0.15, 0.2) is 5.75 Å². The Kier molecular flexibility index (Phi) is 3.16. The van der Waals surface area contributed by atoms with Crippen molar-refractivity contribution in [1.29, 1.82) is 0 Å². The van der Waals surface area contributed by atoms with Crippen molar-refractivity contribution in [2.45, 2.75) is 26.7 Å². The lowest BCUT2D eigenvalue weighted by molar-refractivity contribution is 0.455. The number of fused-ring (bicyclic) bond motifs is 1. The van der Waals surface area contributed by atoms with Crippen LogP contribution in [0.4, 0.5) is 0 Å². The molecule has 0 amide bonds. The molecule has 0 spiro atoms. The molecule has 0 bridgehead atoms. The first-order valence-corrected chi connectivity index (χ1v) is 7.06. The zero-order valence-electron chi connectivity index (χ0n) is 12.5. The van der Waals surface area contributed by atoms with E-state index >= 15 is 0 Å². The molecule has 0 unspecified atom stereocenters. The summed E-state index contributed by atoms with van der Waals surface area (Å²) in [6.45, 7) is 3.74. The lowest BCUT2D eigenvalue weighted by Crippen LogP contribution is -2.25. The van der Waals surface area contributed by atoms with E-state index in [1.54, 1.807) is 14.0 Å². The minimum Gasteiger partial charge on any atom is -0.505 e. The Morgan fingerprint density at radius 2 is 1.90 bits per heavy atom. The maximum absolute atomic E-state index is 12.5. The highest BCUT2D eigenvalue weighted by molar-refractivity contribution is 5.86. The molecule has 21 heavy (non-hydrogen) atoms. The first-order chi connectivity index (χ1) is 10.0. The summed E-state index contributed by atoms with van der Waals surface area (Å²) in [5.74, 6) is -0.0100. The molecule has 1 aliphatic carbocycles. The molecule has 4 nitrogen and oxygen atoms in total. The topological polar surface area (TPSA) is 55.1 Å². The Morgan fingerprint density at radius 1 is 1.19 bits per heavy atom. The highest BCUT2D eigenvalue weighted by Gasteiger charge is 2.24. The number of aromatic hydroxyl groups is 1. The summed E-state index contributed by atoms with van der Waals surface area (Å²) in [6.07, 6.45) is 1.87. The van der Waals surface area contributed by atoms with Crippen molar-refractivity contribution in [3.63, 3.8) is 0 Å². The summed E-state index contributed by atoms with van der Waals surface area (Å²) in [4.78, 5) is 12.5. The molecule has 0 saturated heterocycles. The Bertz CT molecular complexity index is 816. The molecule has 0 aliphatic heterocycles. The highest BCUT2D eigenvalue weighted by Crippen LogP contribution is 2.38. The molecule has 1 N–H and O–H groups in total. The predicted molar refractivity (Wildman–Crippen MR) is 82.3 cm³/mol. The minimum absolute atomic E-state index is 0.0100. The molecular formula is C17H18N2O2. The molecular weight excluding hydrogens is 264 g/mol. The number of benzene rings is 1. The lowest BCUT2D eigenvalue weighted by atomic mass is 9.83. The summed E-state index contributed by atoms with van der Waals surface area (Å²) in [5, 5.41) is 14.4. The molecule has 0 atom stereocenters. The fourth-order valence-electron chi connectivity index (χ4n) is 2.99. The molecule has 1 aliphatic rings. The molecule has 4 heteroatoms. The molecule has 3 rings (SSSR count). The zero-order valence-corrected chi connectivity index (χ0v) is 12.5. The number of hydrogen-bond donors (Lipinski definition) is 1. The van der Waals surface area contributed by atoms with Crippen molar-refractivity contribution in [2.24, 2.45) is 7.05 Å². The van der Waals surface area contributed by atoms with E-state index in [1.165, 1.54) is 10.2 Å². The summed E-state index contributed by atoms with van der Waals surface area (Å²) < 4.78 is 1.29. The third kappa shape index (κ3) is 2.07. The van der Waals surface area contributed by atoms with Crippen LogP contribution >= 0.6 is 0 Å². The van der Waals surface area contributed by atoms with Crippen molar-refractivity contribution in [2.75, 3.05) is 0 Å². The number of hydrogen-bond acceptors (Lipinski definition) is 3. The van der Waals surface area contributed by atoms with E-state index in [-0.39, 0.29) is 11.3 Å². The number of allylic oxidation sites excluding steroid dienone is 1. The van der Waals surface area contributed by atoms with Crippen molar-refractivity contribution >= 4 is 5.57 Å². The van der Waals surface area contributed by atoms with Gasteiger partial charge in [-0.15, -0.1) is 0 Å². The predicted octanol–water partition coefficient (Wildman–Crippen LogP) is 2.56. The van der Waals surface area contributed by atoms with Crippen LogP contribution in [0.3, 0.4) is 0 Å². The van der Waals surface area contributed by atoms with Crippen molar-refractivity contribution in [3.8, 4) is 5.75 Å². The van der Waals surface area contributed by atoms with Crippen LogP contribution < -0.4 is 5.56 Å². The monoisotopic (exact) mass is 282 g/mol. The maximum Gasteiger partial charge on any atom is 0.278 e. The second-order valence-corrected chi connectivity index (χ2v) is 5.55. The van der Waals surface area contributed by atoms with Crippen LogP contribution in [0.2, 0.25) is 0 Å². The summed E-state index contributed by atoms with van der Waals surface area (Å²) in [7, 11) is 1.61. The third-order valence-corrected chi connectivity index (χ3v) is 4.12. The second-order valence-electron chi connectivity index (χ2n) is 5.55. The summed E-state index contributed by atoms with van der Waals surface area (Å²) in [6, 6.07) is 8.07. The zero-order chi connectivity index (χ0) is 15.1. The van der Waals surface area contributed by atoms with E-state index in [4.69, 9.17) is 0 Å². The Labute approximate surface area is 123 Å². The van der Waals surface area contributed by atoms with Crippen LogP contribution in [-0.4, -0.2) is 14.9 Å². The van der Waals surface area contributed by atoms with Gasteiger partial charge in [0.05, 0.1) is 5.56 Å². The average Bonchev–Trinajstić information content (AvgIpc) is 2.47. The van der Waals surface area contributed by atoms with Crippen LogP contribution in [0.1, 0.15) is 35.7 Å². The van der Waals surface area contributed by atoms with E-state index < -0.39 is 0 Å². The molecule has 0 saturated carbocycles. The van der Waals surface area contributed by atoms with Gasteiger partial charge in [-0.25, -0.2) is 4.68 Å². The third-order valence-electron chi connectivity index (χ3n) is 4.12. The summed E-state index contributed by atoms with van der Waals surface area (Å²) in [5.41, 5.74) is 4.83. The second kappa shape index (κ2) is 4.88. The van der Waals surface area contributed by atoms with Gasteiger partial charge in [0.2, 0.25) is 0 Å². The van der Waals surface area contributed by atoms with Crippen LogP contribution in [0.5, 0.6) is 5.75 Å². The fraction of sp³-hybridized carbons (Fsp3) is 0.294. The molecule has 108 valence electrons. The van der Waals surface area contributed by atoms with Gasteiger partial charge < -0.3 is 5.11 Å². The Balaban J connectivity index is 2.38. The van der Waals surface area contributed by atoms with Gasteiger partial charge in [-0.1, -0.05) is 29.8 Å². The standard InChI is InChI=1S/C17H18N2O2/c1-10-8-9-12-6-4-5-7-13(12)14(10)15-16(20)11(2)18-19(3)17(15)21/h4-7,20H,8-9H2,1-3H3. The number of rotatable bonds is 1. The number of aryl methyl sites for hydroxylation is 3. The fourth-order valence-corrected chi connectivity index (χ4v) is 2.99. The van der Waals surface area contributed by atoms with Gasteiger partial charge in [-0.2, -0.15) is 5.10 Å². The van der Waals surface area contributed by atoms with Crippen molar-refractivity contribution in [3.05, 3.63) is 62.6 Å². The first kappa shape index (κ1) is 13.6. The van der Waals surface area contributed by atoms with E-state index in [1.807, 2.05) is 25.1 Å². The molecule has 0 fully saturated rings.